The predicted molar refractivity (Wildman–Crippen MR) is 101 cm³/mol. The van der Waals surface area contributed by atoms with Gasteiger partial charge in [-0.05, 0) is 42.7 Å². The van der Waals surface area contributed by atoms with Crippen LogP contribution >= 0.6 is 0 Å². The quantitative estimate of drug-likeness (QED) is 0.898. The van der Waals surface area contributed by atoms with E-state index in [0.717, 1.165) is 30.8 Å². The molecule has 1 aliphatic rings. The molecule has 1 heterocycles. The Morgan fingerprint density at radius 1 is 1.20 bits per heavy atom. The first-order valence-electron chi connectivity index (χ1n) is 8.71. The number of nitrogens with zero attached hydrogens (tertiary/aromatic N) is 2. The number of aliphatic hydroxyl groups excluding tert-OH is 1. The Labute approximate surface area is 148 Å². The fourth-order valence-electron chi connectivity index (χ4n) is 3.09. The number of piperidine rings is 1. The van der Waals surface area contributed by atoms with E-state index in [9.17, 15) is 9.90 Å². The van der Waals surface area contributed by atoms with Crippen molar-refractivity contribution in [2.75, 3.05) is 30.4 Å². The Kier molecular flexibility index (Phi) is 5.56. The molecule has 0 bridgehead atoms. The molecule has 1 aliphatic heterocycles. The zero-order chi connectivity index (χ0) is 17.6. The molecule has 25 heavy (non-hydrogen) atoms. The molecule has 1 saturated heterocycles. The highest BCUT2D eigenvalue weighted by atomic mass is 16.3. The molecule has 0 radical (unpaired) electrons. The van der Waals surface area contributed by atoms with Crippen LogP contribution < -0.4 is 10.2 Å². The lowest BCUT2D eigenvalue weighted by atomic mass is 10.1. The summed E-state index contributed by atoms with van der Waals surface area (Å²) in [5, 5.41) is 12.6. The van der Waals surface area contributed by atoms with E-state index < -0.39 is 6.10 Å². The van der Waals surface area contributed by atoms with E-state index in [2.05, 4.69) is 29.4 Å². The van der Waals surface area contributed by atoms with Crippen LogP contribution in [-0.2, 0) is 6.54 Å². The molecule has 0 unspecified atom stereocenters. The van der Waals surface area contributed by atoms with E-state index in [1.807, 2.05) is 42.5 Å². The lowest BCUT2D eigenvalue weighted by Gasteiger charge is -2.30. The number of benzene rings is 2. The van der Waals surface area contributed by atoms with Gasteiger partial charge in [0.15, 0.2) is 0 Å². The maximum Gasteiger partial charge on any atom is 0.321 e. The minimum absolute atomic E-state index is 0.149. The number of nitrogens with one attached hydrogen (secondary N) is 1. The summed E-state index contributed by atoms with van der Waals surface area (Å²) in [6.07, 6.45) is 1.21. The number of anilines is 2. The number of amides is 2. The highest BCUT2D eigenvalue weighted by molar-refractivity contribution is 5.89. The molecule has 2 aromatic rings. The molecule has 5 heteroatoms. The van der Waals surface area contributed by atoms with Crippen molar-refractivity contribution < 1.29 is 9.90 Å². The van der Waals surface area contributed by atoms with Gasteiger partial charge in [0.1, 0.15) is 0 Å². The van der Waals surface area contributed by atoms with Crippen molar-refractivity contribution in [1.29, 1.82) is 0 Å². The van der Waals surface area contributed by atoms with Crippen LogP contribution in [0.4, 0.5) is 16.2 Å². The van der Waals surface area contributed by atoms with Crippen molar-refractivity contribution in [1.82, 2.24) is 4.90 Å². The van der Waals surface area contributed by atoms with Crippen LogP contribution in [-0.4, -0.2) is 42.3 Å². The summed E-state index contributed by atoms with van der Waals surface area (Å²) in [4.78, 5) is 16.1. The summed E-state index contributed by atoms with van der Waals surface area (Å²) in [5.41, 5.74) is 3.11. The van der Waals surface area contributed by atoms with Crippen molar-refractivity contribution in [3.05, 3.63) is 60.2 Å². The first-order chi connectivity index (χ1) is 12.1. The molecule has 0 aromatic heterocycles. The zero-order valence-corrected chi connectivity index (χ0v) is 14.6. The molecule has 2 N–H and O–H groups in total. The molecule has 0 spiro atoms. The topological polar surface area (TPSA) is 55.8 Å². The Balaban J connectivity index is 1.57. The lowest BCUT2D eigenvalue weighted by molar-refractivity contribution is 0.0883. The summed E-state index contributed by atoms with van der Waals surface area (Å²) < 4.78 is 0. The predicted octanol–water partition coefficient (Wildman–Crippen LogP) is 3.31. The Morgan fingerprint density at radius 3 is 2.60 bits per heavy atom. The standard InChI is InChI=1S/C20H25N3O2/c1-22(14-16-6-3-2-4-7-16)18-11-9-17(10-12-18)21-20(25)23-13-5-8-19(24)15-23/h2-4,6-7,9-12,19,24H,5,8,13-15H2,1H3,(H,21,25)/t19-/m0/s1. The molecule has 0 aliphatic carbocycles. The molecule has 132 valence electrons. The lowest BCUT2D eigenvalue weighted by Crippen LogP contribution is -2.44. The van der Waals surface area contributed by atoms with Gasteiger partial charge in [-0.2, -0.15) is 0 Å². The van der Waals surface area contributed by atoms with Gasteiger partial charge in [0, 0.05) is 38.1 Å². The average Bonchev–Trinajstić information content (AvgIpc) is 2.63. The third kappa shape index (κ3) is 4.73. The molecular formula is C20H25N3O2. The van der Waals surface area contributed by atoms with Crippen LogP contribution in [0.2, 0.25) is 0 Å². The summed E-state index contributed by atoms with van der Waals surface area (Å²) in [6, 6.07) is 18.0. The Hall–Kier alpha value is -2.53. The van der Waals surface area contributed by atoms with E-state index in [4.69, 9.17) is 0 Å². The van der Waals surface area contributed by atoms with Crippen LogP contribution in [0, 0.1) is 0 Å². The van der Waals surface area contributed by atoms with Crippen molar-refractivity contribution >= 4 is 17.4 Å². The van der Waals surface area contributed by atoms with Gasteiger partial charge in [-0.15, -0.1) is 0 Å². The van der Waals surface area contributed by atoms with Gasteiger partial charge < -0.3 is 20.2 Å². The van der Waals surface area contributed by atoms with Gasteiger partial charge in [-0.25, -0.2) is 4.79 Å². The van der Waals surface area contributed by atoms with Crippen molar-refractivity contribution in [2.24, 2.45) is 0 Å². The first kappa shape index (κ1) is 17.3. The summed E-state index contributed by atoms with van der Waals surface area (Å²) >= 11 is 0. The highest BCUT2D eigenvalue weighted by Crippen LogP contribution is 2.19. The SMILES string of the molecule is CN(Cc1ccccc1)c1ccc(NC(=O)N2CCC[C@H](O)C2)cc1. The molecule has 2 aromatic carbocycles. The largest absolute Gasteiger partial charge is 0.391 e. The summed E-state index contributed by atoms with van der Waals surface area (Å²) in [6.45, 7) is 1.93. The summed E-state index contributed by atoms with van der Waals surface area (Å²) in [7, 11) is 2.05. The van der Waals surface area contributed by atoms with Gasteiger partial charge in [0.05, 0.1) is 6.10 Å². The monoisotopic (exact) mass is 339 g/mol. The minimum atomic E-state index is -0.409. The van der Waals surface area contributed by atoms with E-state index in [-0.39, 0.29) is 6.03 Å². The van der Waals surface area contributed by atoms with E-state index in [1.165, 1.54) is 5.56 Å². The first-order valence-corrected chi connectivity index (χ1v) is 8.71. The van der Waals surface area contributed by atoms with E-state index in [1.54, 1.807) is 4.90 Å². The number of carbonyl (C=O) groups excluding carboxylic acids is 1. The summed E-state index contributed by atoms with van der Waals surface area (Å²) in [5.74, 6) is 0. The van der Waals surface area contributed by atoms with Gasteiger partial charge in [0.2, 0.25) is 0 Å². The van der Waals surface area contributed by atoms with E-state index in [0.29, 0.717) is 13.1 Å². The number of rotatable bonds is 4. The Morgan fingerprint density at radius 2 is 1.92 bits per heavy atom. The number of likely N-dealkylation sites (tertiary alicyclic amines) is 1. The number of hydrogen-bond acceptors (Lipinski definition) is 3. The smallest absolute Gasteiger partial charge is 0.321 e. The minimum Gasteiger partial charge on any atom is -0.391 e. The van der Waals surface area contributed by atoms with Crippen LogP contribution in [0.3, 0.4) is 0 Å². The second kappa shape index (κ2) is 8.03. The number of aliphatic hydroxyl groups is 1. The highest BCUT2D eigenvalue weighted by Gasteiger charge is 2.21. The van der Waals surface area contributed by atoms with Crippen LogP contribution in [0.15, 0.2) is 54.6 Å². The molecule has 1 atom stereocenters. The second-order valence-electron chi connectivity index (χ2n) is 6.56. The average molecular weight is 339 g/mol. The number of β-amino-alcohol motifs (C(OH)–C–C–N with tert-alkyl or cyclic N) is 1. The van der Waals surface area contributed by atoms with Crippen molar-refractivity contribution in [3.8, 4) is 0 Å². The maximum absolute atomic E-state index is 12.3. The van der Waals surface area contributed by atoms with Gasteiger partial charge in [-0.1, -0.05) is 30.3 Å². The number of urea groups is 1. The normalized spacial score (nSPS) is 17.2. The molecule has 0 saturated carbocycles. The van der Waals surface area contributed by atoms with Crippen molar-refractivity contribution in [3.63, 3.8) is 0 Å². The fourth-order valence-corrected chi connectivity index (χ4v) is 3.09. The van der Waals surface area contributed by atoms with Crippen LogP contribution in [0.5, 0.6) is 0 Å². The second-order valence-corrected chi connectivity index (χ2v) is 6.56. The van der Waals surface area contributed by atoms with E-state index >= 15 is 0 Å². The van der Waals surface area contributed by atoms with Gasteiger partial charge >= 0.3 is 6.03 Å². The zero-order valence-electron chi connectivity index (χ0n) is 14.6. The third-order valence-corrected chi connectivity index (χ3v) is 4.51. The van der Waals surface area contributed by atoms with Gasteiger partial charge in [-0.3, -0.25) is 0 Å². The number of hydrogen-bond donors (Lipinski definition) is 2. The van der Waals surface area contributed by atoms with Crippen molar-refractivity contribution in [2.45, 2.75) is 25.5 Å². The van der Waals surface area contributed by atoms with Gasteiger partial charge in [0.25, 0.3) is 0 Å². The molecule has 2 amide bonds. The molecule has 1 fully saturated rings. The van der Waals surface area contributed by atoms with Crippen LogP contribution in [0.1, 0.15) is 18.4 Å². The molecule has 3 rings (SSSR count). The maximum atomic E-state index is 12.3. The van der Waals surface area contributed by atoms with Crippen LogP contribution in [0.25, 0.3) is 0 Å². The fraction of sp³-hybridized carbons (Fsp3) is 0.350. The third-order valence-electron chi connectivity index (χ3n) is 4.51. The number of carbonyl (C=O) groups is 1. The Bertz CT molecular complexity index is 688. The molecule has 5 nitrogen and oxygen atoms in total. The molecular weight excluding hydrogens is 314 g/mol.